The van der Waals surface area contributed by atoms with Crippen LogP contribution in [0.1, 0.15) is 66.2 Å². The maximum Gasteiger partial charge on any atom is 0.170 e. The van der Waals surface area contributed by atoms with Crippen molar-refractivity contribution in [3.63, 3.8) is 0 Å². The molecule has 0 saturated carbocycles. The molecule has 0 amide bonds. The smallest absolute Gasteiger partial charge is 0.170 e. The van der Waals surface area contributed by atoms with Gasteiger partial charge in [-0.1, -0.05) is 27.2 Å². The minimum Gasteiger partial charge on any atom is -0.294 e. The van der Waals surface area contributed by atoms with Crippen LogP contribution in [-0.4, -0.2) is 5.78 Å². The Labute approximate surface area is 108 Å². The number of hydrogen-bond donors (Lipinski definition) is 0. The largest absolute Gasteiger partial charge is 0.294 e. The van der Waals surface area contributed by atoms with Gasteiger partial charge in [-0.05, 0) is 49.1 Å². The summed E-state index contributed by atoms with van der Waals surface area (Å²) in [7, 11) is 0. The second-order valence-electron chi connectivity index (χ2n) is 5.96. The molecule has 2 rings (SSSR count). The number of fused-ring (bicyclic) bond motifs is 1. The Balaban J connectivity index is 2.46. The lowest BCUT2D eigenvalue weighted by atomic mass is 9.74. The highest BCUT2D eigenvalue weighted by atomic mass is 32.1. The average Bonchev–Trinajstić information content (AvgIpc) is 2.56. The number of carbonyl (C=O) groups is 1. The van der Waals surface area contributed by atoms with Gasteiger partial charge in [0, 0.05) is 4.88 Å². The fraction of sp³-hybridized carbons (Fsp3) is 0.667. The van der Waals surface area contributed by atoms with Crippen LogP contribution in [0, 0.1) is 5.41 Å². The molecule has 17 heavy (non-hydrogen) atoms. The lowest BCUT2D eigenvalue weighted by Crippen LogP contribution is -2.22. The Bertz CT molecular complexity index is 440. The van der Waals surface area contributed by atoms with E-state index >= 15 is 0 Å². The van der Waals surface area contributed by atoms with Crippen LogP contribution in [0.4, 0.5) is 0 Å². The molecule has 1 aromatic rings. The second kappa shape index (κ2) is 4.56. The Hall–Kier alpha value is -0.630. The van der Waals surface area contributed by atoms with E-state index in [4.69, 9.17) is 0 Å². The first-order valence-corrected chi connectivity index (χ1v) is 7.40. The fourth-order valence-electron chi connectivity index (χ4n) is 2.77. The van der Waals surface area contributed by atoms with Crippen LogP contribution in [0.3, 0.4) is 0 Å². The van der Waals surface area contributed by atoms with Crippen LogP contribution in [-0.2, 0) is 19.3 Å². The van der Waals surface area contributed by atoms with E-state index in [0.29, 0.717) is 5.41 Å². The normalized spacial score (nSPS) is 17.9. The zero-order chi connectivity index (χ0) is 12.6. The summed E-state index contributed by atoms with van der Waals surface area (Å²) >= 11 is 1.76. The number of aryl methyl sites for hydroxylation is 1. The molecule has 0 aromatic carbocycles. The second-order valence-corrected chi connectivity index (χ2v) is 7.06. The molecule has 0 spiro atoms. The minimum atomic E-state index is 0.258. The van der Waals surface area contributed by atoms with E-state index in [-0.39, 0.29) is 5.78 Å². The Morgan fingerprint density at radius 1 is 1.35 bits per heavy atom. The van der Waals surface area contributed by atoms with Crippen molar-refractivity contribution in [3.05, 3.63) is 20.9 Å². The third-order valence-corrected chi connectivity index (χ3v) is 5.14. The first-order valence-electron chi connectivity index (χ1n) is 6.59. The van der Waals surface area contributed by atoms with Crippen molar-refractivity contribution in [3.8, 4) is 0 Å². The maximum atomic E-state index is 11.7. The van der Waals surface area contributed by atoms with E-state index in [0.717, 1.165) is 24.1 Å². The topological polar surface area (TPSA) is 17.1 Å². The highest BCUT2D eigenvalue weighted by molar-refractivity contribution is 7.14. The minimum absolute atomic E-state index is 0.258. The van der Waals surface area contributed by atoms with Crippen molar-refractivity contribution in [2.24, 2.45) is 5.41 Å². The first-order chi connectivity index (χ1) is 7.94. The quantitative estimate of drug-likeness (QED) is 0.726. The molecule has 0 radical (unpaired) electrons. The van der Waals surface area contributed by atoms with Crippen molar-refractivity contribution in [2.75, 3.05) is 0 Å². The summed E-state index contributed by atoms with van der Waals surface area (Å²) in [4.78, 5) is 14.2. The molecule has 0 aliphatic heterocycles. The summed E-state index contributed by atoms with van der Waals surface area (Å²) in [6.07, 6.45) is 5.77. The molecule has 2 heteroatoms. The number of Topliss-reactive ketones (excluding diaryl/α,β-unsaturated/α-hetero) is 1. The predicted molar refractivity (Wildman–Crippen MR) is 74.1 cm³/mol. The lowest BCUT2D eigenvalue weighted by molar-refractivity contribution is 0.102. The third kappa shape index (κ3) is 2.47. The van der Waals surface area contributed by atoms with Crippen molar-refractivity contribution < 1.29 is 4.79 Å². The molecule has 0 bridgehead atoms. The number of hydrogen-bond acceptors (Lipinski definition) is 2. The van der Waals surface area contributed by atoms with Gasteiger partial charge in [0.1, 0.15) is 0 Å². The van der Waals surface area contributed by atoms with Gasteiger partial charge in [0.2, 0.25) is 0 Å². The molecule has 0 N–H and O–H groups in total. The Morgan fingerprint density at radius 2 is 2.06 bits per heavy atom. The summed E-state index contributed by atoms with van der Waals surface area (Å²) in [5.74, 6) is 0.258. The van der Waals surface area contributed by atoms with Gasteiger partial charge in [0.25, 0.3) is 0 Å². The van der Waals surface area contributed by atoms with Crippen LogP contribution < -0.4 is 0 Å². The number of ketones is 1. The van der Waals surface area contributed by atoms with Gasteiger partial charge in [0.15, 0.2) is 5.78 Å². The molecular formula is C15H22OS. The predicted octanol–water partition coefficient (Wildman–Crippen LogP) is 4.42. The molecule has 1 aliphatic rings. The van der Waals surface area contributed by atoms with E-state index in [1.807, 2.05) is 0 Å². The zero-order valence-electron chi connectivity index (χ0n) is 11.4. The summed E-state index contributed by atoms with van der Waals surface area (Å²) < 4.78 is 0. The van der Waals surface area contributed by atoms with Crippen molar-refractivity contribution >= 4 is 17.1 Å². The highest BCUT2D eigenvalue weighted by Gasteiger charge is 2.31. The van der Waals surface area contributed by atoms with Crippen LogP contribution in [0.2, 0.25) is 0 Å². The van der Waals surface area contributed by atoms with E-state index in [1.54, 1.807) is 18.3 Å². The lowest BCUT2D eigenvalue weighted by Gasteiger charge is -2.30. The number of carbonyl (C=O) groups excluding carboxylic acids is 1. The molecule has 0 atom stereocenters. The van der Waals surface area contributed by atoms with Gasteiger partial charge in [-0.15, -0.1) is 11.3 Å². The molecule has 1 heterocycles. The van der Waals surface area contributed by atoms with Crippen molar-refractivity contribution in [2.45, 2.75) is 59.8 Å². The van der Waals surface area contributed by atoms with Gasteiger partial charge >= 0.3 is 0 Å². The summed E-state index contributed by atoms with van der Waals surface area (Å²) in [6.45, 7) is 8.61. The Morgan fingerprint density at radius 3 is 2.65 bits per heavy atom. The van der Waals surface area contributed by atoms with E-state index in [9.17, 15) is 4.79 Å². The van der Waals surface area contributed by atoms with Gasteiger partial charge in [-0.25, -0.2) is 0 Å². The summed E-state index contributed by atoms with van der Waals surface area (Å²) in [5.41, 5.74) is 3.30. The molecule has 0 unspecified atom stereocenters. The molecular weight excluding hydrogens is 228 g/mol. The van der Waals surface area contributed by atoms with Crippen LogP contribution >= 0.6 is 11.3 Å². The molecule has 94 valence electrons. The van der Waals surface area contributed by atoms with E-state index in [1.165, 1.54) is 28.8 Å². The third-order valence-electron chi connectivity index (χ3n) is 3.70. The van der Waals surface area contributed by atoms with Crippen LogP contribution in [0.5, 0.6) is 0 Å². The van der Waals surface area contributed by atoms with E-state index < -0.39 is 0 Å². The SMILES string of the molecule is CCCc1sc(C(C)=O)c2c1CC(C)(C)CC2. The number of rotatable bonds is 3. The molecule has 0 saturated heterocycles. The van der Waals surface area contributed by atoms with Crippen molar-refractivity contribution in [1.82, 2.24) is 0 Å². The zero-order valence-corrected chi connectivity index (χ0v) is 12.2. The molecule has 1 aliphatic carbocycles. The molecule has 1 nitrogen and oxygen atoms in total. The first kappa shape index (κ1) is 12.8. The summed E-state index contributed by atoms with van der Waals surface area (Å²) in [6, 6.07) is 0. The molecule has 1 aromatic heterocycles. The fourth-order valence-corrected chi connectivity index (χ4v) is 4.13. The standard InChI is InChI=1S/C15H22OS/c1-5-6-13-12-9-15(3,4)8-7-11(12)14(17-13)10(2)16/h5-9H2,1-4H3. The van der Waals surface area contributed by atoms with Crippen LogP contribution in [0.25, 0.3) is 0 Å². The van der Waals surface area contributed by atoms with Crippen molar-refractivity contribution in [1.29, 1.82) is 0 Å². The highest BCUT2D eigenvalue weighted by Crippen LogP contribution is 2.42. The molecule has 0 fully saturated rings. The maximum absolute atomic E-state index is 11.7. The summed E-state index contributed by atoms with van der Waals surface area (Å²) in [5, 5.41) is 0. The van der Waals surface area contributed by atoms with Crippen LogP contribution in [0.15, 0.2) is 0 Å². The average molecular weight is 250 g/mol. The number of thiophene rings is 1. The van der Waals surface area contributed by atoms with Gasteiger partial charge in [-0.2, -0.15) is 0 Å². The monoisotopic (exact) mass is 250 g/mol. The van der Waals surface area contributed by atoms with Gasteiger partial charge < -0.3 is 0 Å². The Kier molecular flexibility index (Phi) is 3.44. The van der Waals surface area contributed by atoms with Gasteiger partial charge in [0.05, 0.1) is 4.88 Å². The van der Waals surface area contributed by atoms with Gasteiger partial charge in [-0.3, -0.25) is 4.79 Å². The van der Waals surface area contributed by atoms with E-state index in [2.05, 4.69) is 20.8 Å².